The molecule has 0 heterocycles. The van der Waals surface area contributed by atoms with Crippen molar-refractivity contribution in [3.05, 3.63) is 182 Å². The predicted molar refractivity (Wildman–Crippen MR) is 228 cm³/mol. The van der Waals surface area contributed by atoms with Gasteiger partial charge < -0.3 is 0 Å². The molecule has 0 aromatic heterocycles. The molecule has 276 valence electrons. The Hall–Kier alpha value is -5.21. The van der Waals surface area contributed by atoms with Crippen molar-refractivity contribution in [3.63, 3.8) is 0 Å². The summed E-state index contributed by atoms with van der Waals surface area (Å²) in [5.41, 5.74) is 0. The molecule has 0 bridgehead atoms. The van der Waals surface area contributed by atoms with E-state index in [0.717, 1.165) is 25.2 Å². The molecule has 0 atom stereocenters. The Kier molecular flexibility index (Phi) is 13.7. The van der Waals surface area contributed by atoms with Gasteiger partial charge in [-0.25, -0.2) is 0 Å². The molecule has 7 heteroatoms. The van der Waals surface area contributed by atoms with Gasteiger partial charge in [-0.15, -0.1) is 0 Å². The van der Waals surface area contributed by atoms with Crippen LogP contribution >= 0.6 is 14.5 Å². The molecule has 0 aliphatic heterocycles. The summed E-state index contributed by atoms with van der Waals surface area (Å²) in [5.74, 6) is -1.38. The van der Waals surface area contributed by atoms with Crippen molar-refractivity contribution in [1.82, 2.24) is 0 Å². The number of carbonyl (C=O) groups is 3. The van der Waals surface area contributed by atoms with Crippen LogP contribution in [0.2, 0.25) is 0 Å². The number of hydrogen-bond acceptors (Lipinski definition) is 5. The van der Waals surface area contributed by atoms with Crippen LogP contribution in [-0.4, -0.2) is 30.4 Å². The van der Waals surface area contributed by atoms with Gasteiger partial charge in [-0.1, -0.05) is 0 Å². The molecule has 0 fully saturated rings. The molecule has 5 nitrogen and oxygen atoms in total. The van der Waals surface area contributed by atoms with E-state index in [-0.39, 0.29) is 12.8 Å². The maximum absolute atomic E-state index is 12.7. The Bertz CT molecular complexity index is 1720. The third-order valence-corrected chi connectivity index (χ3v) is 20.5. The molecule has 0 spiro atoms. The zero-order valence-corrected chi connectivity index (χ0v) is 32.5. The molecule has 0 aliphatic carbocycles. The number of benzene rings is 6. The summed E-state index contributed by atoms with van der Waals surface area (Å²) < 4.78 is 9.88. The molecular formula is C47H48O5P2. The molecule has 54 heavy (non-hydrogen) atoms. The number of ether oxygens (including phenoxy) is 2. The van der Waals surface area contributed by atoms with Gasteiger partial charge in [0.1, 0.15) is 0 Å². The van der Waals surface area contributed by atoms with Crippen LogP contribution in [-0.2, 0) is 19.1 Å². The summed E-state index contributed by atoms with van der Waals surface area (Å²) in [5, 5.41) is 7.83. The van der Waals surface area contributed by atoms with E-state index in [4.69, 9.17) is 9.47 Å². The standard InChI is InChI=1S/C47H48O5P2/c48-45(35-19-21-37-53(39-23-7-1-8-24-39,40-25-9-2-10-26-40)41-27-11-3-12-28-41)51-47(50)52-46(49)36-20-22-38-54(42-29-13-4-14-30-42,43-31-15-5-16-32-43)44-33-17-6-18-34-44/h1-18,23-34,53-54H,19-22,35-38H2. The fraction of sp³-hybridized carbons (Fsp3) is 0.170. The molecule has 6 aromatic carbocycles. The number of unbranched alkanes of at least 4 members (excludes halogenated alkanes) is 2. The summed E-state index contributed by atoms with van der Waals surface area (Å²) in [6, 6.07) is 63.8. The van der Waals surface area contributed by atoms with E-state index in [1.54, 1.807) is 0 Å². The van der Waals surface area contributed by atoms with Crippen molar-refractivity contribution in [2.75, 3.05) is 12.3 Å². The van der Waals surface area contributed by atoms with Crippen LogP contribution in [0.4, 0.5) is 4.79 Å². The van der Waals surface area contributed by atoms with Gasteiger partial charge in [0.05, 0.1) is 0 Å². The fourth-order valence-corrected chi connectivity index (χ4v) is 17.7. The first-order valence-corrected chi connectivity index (χ1v) is 23.2. The van der Waals surface area contributed by atoms with E-state index in [2.05, 4.69) is 146 Å². The second kappa shape index (κ2) is 19.2. The molecule has 6 rings (SSSR count). The number of esters is 2. The Morgan fingerprint density at radius 3 is 0.778 bits per heavy atom. The first-order chi connectivity index (χ1) is 26.5. The normalized spacial score (nSPS) is 12.0. The van der Waals surface area contributed by atoms with Crippen molar-refractivity contribution in [2.24, 2.45) is 0 Å². The molecule has 0 radical (unpaired) electrons. The van der Waals surface area contributed by atoms with Crippen molar-refractivity contribution in [2.45, 2.75) is 38.5 Å². The van der Waals surface area contributed by atoms with Gasteiger partial charge >= 0.3 is 321 Å². The second-order valence-electron chi connectivity index (χ2n) is 13.6. The third-order valence-electron chi connectivity index (χ3n) is 10.4. The summed E-state index contributed by atoms with van der Waals surface area (Å²) in [6.07, 6.45) is 3.20. The van der Waals surface area contributed by atoms with E-state index in [0.29, 0.717) is 12.8 Å². The van der Waals surface area contributed by atoms with Crippen LogP contribution in [0.15, 0.2) is 182 Å². The third kappa shape index (κ3) is 9.29. The van der Waals surface area contributed by atoms with Crippen LogP contribution in [0.3, 0.4) is 0 Å². The van der Waals surface area contributed by atoms with Crippen LogP contribution < -0.4 is 31.8 Å². The van der Waals surface area contributed by atoms with Crippen LogP contribution in [0, 0.1) is 0 Å². The molecule has 0 amide bonds. The Morgan fingerprint density at radius 2 is 0.556 bits per heavy atom. The number of rotatable bonds is 16. The molecule has 0 unspecified atom stereocenters. The van der Waals surface area contributed by atoms with Gasteiger partial charge in [0, 0.05) is 0 Å². The first-order valence-electron chi connectivity index (χ1n) is 18.8. The molecule has 0 aliphatic rings. The van der Waals surface area contributed by atoms with E-state index in [1.165, 1.54) is 31.8 Å². The number of carbonyl (C=O) groups excluding carboxylic acids is 3. The topological polar surface area (TPSA) is 69.7 Å². The Labute approximate surface area is 320 Å². The Balaban J connectivity index is 1.02. The summed E-state index contributed by atoms with van der Waals surface area (Å²) in [6.45, 7) is 0. The van der Waals surface area contributed by atoms with E-state index in [1.807, 2.05) is 36.4 Å². The molecular weight excluding hydrogens is 706 g/mol. The SMILES string of the molecule is O=C(CCCC[PH](c1ccccc1)(c1ccccc1)c1ccccc1)OC(=O)OC(=O)CCCC[PH](c1ccccc1)(c1ccccc1)c1ccccc1. The molecule has 6 aromatic rings. The van der Waals surface area contributed by atoms with Gasteiger partial charge in [0.15, 0.2) is 0 Å². The van der Waals surface area contributed by atoms with Gasteiger partial charge in [-0.05, 0) is 0 Å². The van der Waals surface area contributed by atoms with Crippen LogP contribution in [0.5, 0.6) is 0 Å². The van der Waals surface area contributed by atoms with E-state index < -0.39 is 32.6 Å². The summed E-state index contributed by atoms with van der Waals surface area (Å²) in [7, 11) is -4.84. The van der Waals surface area contributed by atoms with Crippen molar-refractivity contribution < 1.29 is 23.9 Å². The first kappa shape index (κ1) is 38.5. The maximum atomic E-state index is 12.7. The van der Waals surface area contributed by atoms with Gasteiger partial charge in [0.25, 0.3) is 0 Å². The van der Waals surface area contributed by atoms with E-state index >= 15 is 0 Å². The minimum absolute atomic E-state index is 0.0529. The van der Waals surface area contributed by atoms with Gasteiger partial charge in [0.2, 0.25) is 0 Å². The number of hydrogen-bond donors (Lipinski definition) is 0. The van der Waals surface area contributed by atoms with Crippen molar-refractivity contribution in [1.29, 1.82) is 0 Å². The van der Waals surface area contributed by atoms with Gasteiger partial charge in [-0.2, -0.15) is 0 Å². The van der Waals surface area contributed by atoms with Crippen LogP contribution in [0.1, 0.15) is 38.5 Å². The van der Waals surface area contributed by atoms with Crippen molar-refractivity contribution in [3.8, 4) is 0 Å². The average Bonchev–Trinajstić information content (AvgIpc) is 3.23. The molecule has 0 saturated heterocycles. The average molecular weight is 755 g/mol. The van der Waals surface area contributed by atoms with Gasteiger partial charge in [-0.3, -0.25) is 0 Å². The zero-order valence-electron chi connectivity index (χ0n) is 30.5. The Morgan fingerprint density at radius 1 is 0.333 bits per heavy atom. The predicted octanol–water partition coefficient (Wildman–Crippen LogP) is 7.99. The second-order valence-corrected chi connectivity index (χ2v) is 21.7. The quantitative estimate of drug-likeness (QED) is 0.0434. The zero-order chi connectivity index (χ0) is 37.5. The molecule has 0 saturated carbocycles. The van der Waals surface area contributed by atoms with E-state index in [9.17, 15) is 14.4 Å². The summed E-state index contributed by atoms with van der Waals surface area (Å²) >= 11 is 0. The molecule has 0 N–H and O–H groups in total. The van der Waals surface area contributed by atoms with Crippen molar-refractivity contribution >= 4 is 64.4 Å². The van der Waals surface area contributed by atoms with Crippen LogP contribution in [0.25, 0.3) is 0 Å². The monoisotopic (exact) mass is 754 g/mol. The minimum atomic E-state index is -2.42. The summed E-state index contributed by atoms with van der Waals surface area (Å²) in [4.78, 5) is 37.9. The fourth-order valence-electron chi connectivity index (χ4n) is 7.83.